The Bertz CT molecular complexity index is 2000. The molecule has 2 aliphatic carbocycles. The maximum absolute atomic E-state index is 13.8. The van der Waals surface area contributed by atoms with E-state index in [4.69, 9.17) is 0 Å². The molecule has 2 atom stereocenters. The van der Waals surface area contributed by atoms with Crippen molar-refractivity contribution in [2.45, 2.75) is 25.7 Å². The Morgan fingerprint density at radius 1 is 0.463 bits per heavy atom. The van der Waals surface area contributed by atoms with Crippen molar-refractivity contribution in [2.24, 2.45) is 23.7 Å². The molecule has 54 heavy (non-hydrogen) atoms. The summed E-state index contributed by atoms with van der Waals surface area (Å²) in [5.74, 6) is 0.501. The number of carbonyl (C=O) groups excluding carboxylic acids is 3. The first-order valence-corrected chi connectivity index (χ1v) is 19.0. The first-order chi connectivity index (χ1) is 26.4. The van der Waals surface area contributed by atoms with E-state index in [9.17, 15) is 24.6 Å². The van der Waals surface area contributed by atoms with E-state index >= 15 is 0 Å². The van der Waals surface area contributed by atoms with Crippen molar-refractivity contribution in [1.29, 1.82) is 0 Å². The van der Waals surface area contributed by atoms with Crippen LogP contribution in [0.25, 0.3) is 11.1 Å². The molecule has 2 fully saturated rings. The summed E-state index contributed by atoms with van der Waals surface area (Å²) >= 11 is 0. The van der Waals surface area contributed by atoms with Crippen LogP contribution in [-0.2, 0) is 0 Å². The Kier molecular flexibility index (Phi) is 10.1. The van der Waals surface area contributed by atoms with E-state index < -0.39 is 0 Å². The van der Waals surface area contributed by atoms with Crippen LogP contribution in [-0.4, -0.2) is 63.7 Å². The lowest BCUT2D eigenvalue weighted by Gasteiger charge is -2.32. The van der Waals surface area contributed by atoms with Gasteiger partial charge in [0.15, 0.2) is 17.3 Å². The molecule has 272 valence electrons. The maximum atomic E-state index is 13.8. The van der Waals surface area contributed by atoms with Crippen LogP contribution in [0.2, 0.25) is 0 Å². The highest BCUT2D eigenvalue weighted by molar-refractivity contribution is 6.12. The molecule has 0 aromatic heterocycles. The highest BCUT2D eigenvalue weighted by atomic mass is 16.3. The van der Waals surface area contributed by atoms with Gasteiger partial charge in [-0.2, -0.15) is 0 Å². The highest BCUT2D eigenvalue weighted by Gasteiger charge is 2.42. The van der Waals surface area contributed by atoms with Crippen LogP contribution >= 0.6 is 0 Å². The molecule has 0 radical (unpaired) electrons. The Hall–Kier alpha value is -5.63. The molecule has 2 saturated carbocycles. The predicted octanol–water partition coefficient (Wildman–Crippen LogP) is 7.80. The van der Waals surface area contributed by atoms with Gasteiger partial charge in [0, 0.05) is 83.1 Å². The zero-order chi connectivity index (χ0) is 37.2. The lowest BCUT2D eigenvalue weighted by atomic mass is 9.78. The highest BCUT2D eigenvalue weighted by Crippen LogP contribution is 2.51. The Morgan fingerprint density at radius 2 is 0.815 bits per heavy atom. The summed E-state index contributed by atoms with van der Waals surface area (Å²) in [4.78, 5) is 45.3. The molecule has 0 saturated heterocycles. The van der Waals surface area contributed by atoms with E-state index in [0.717, 1.165) is 59.1 Å². The van der Waals surface area contributed by atoms with Gasteiger partial charge in [-0.1, -0.05) is 109 Å². The molecule has 4 aromatic rings. The van der Waals surface area contributed by atoms with Crippen molar-refractivity contribution in [2.75, 3.05) is 26.3 Å². The fraction of sp³-hybridized carbons (Fsp3) is 0.255. The second kappa shape index (κ2) is 15.4. The number of benzene rings is 4. The van der Waals surface area contributed by atoms with Crippen molar-refractivity contribution in [1.82, 2.24) is 9.80 Å². The average Bonchev–Trinajstić information content (AvgIpc) is 4.16. The number of aliphatic hydroxyl groups is 2. The molecule has 0 bridgehead atoms. The number of aliphatic hydroxyl groups excluding tert-OH is 2. The molecule has 0 spiro atoms. The Balaban J connectivity index is 1.04. The molecule has 2 heterocycles. The number of Topliss-reactive ketones (excluding diaryl/α,β-unsaturated/α-hetero) is 2. The average molecular weight is 717 g/mol. The number of β-amino-alcohol motifs (C(OH)–C–C–N with tert-alkyl or cyclic N) is 2. The van der Waals surface area contributed by atoms with Crippen LogP contribution in [0.3, 0.4) is 0 Å². The van der Waals surface area contributed by atoms with E-state index in [1.54, 1.807) is 0 Å². The van der Waals surface area contributed by atoms with Crippen molar-refractivity contribution < 1.29 is 24.6 Å². The van der Waals surface area contributed by atoms with Crippen LogP contribution in [0.5, 0.6) is 0 Å². The predicted molar refractivity (Wildman–Crippen MR) is 210 cm³/mol. The van der Waals surface area contributed by atoms with Gasteiger partial charge in [0.05, 0.1) is 13.2 Å². The fourth-order valence-corrected chi connectivity index (χ4v) is 8.02. The zero-order valence-electron chi connectivity index (χ0n) is 30.2. The number of hydrogen-bond donors (Lipinski definition) is 2. The monoisotopic (exact) mass is 716 g/mol. The van der Waals surface area contributed by atoms with Gasteiger partial charge in [-0.3, -0.25) is 14.4 Å². The number of carbonyl (C=O) groups is 3. The molecule has 0 amide bonds. The van der Waals surface area contributed by atoms with Gasteiger partial charge in [0.1, 0.15) is 0 Å². The largest absolute Gasteiger partial charge is 0.395 e. The molecule has 8 rings (SSSR count). The van der Waals surface area contributed by atoms with Crippen LogP contribution in [0.4, 0.5) is 0 Å². The summed E-state index contributed by atoms with van der Waals surface area (Å²) in [6, 6.07) is 34.0. The summed E-state index contributed by atoms with van der Waals surface area (Å²) in [5, 5.41) is 19.6. The van der Waals surface area contributed by atoms with Gasteiger partial charge < -0.3 is 20.0 Å². The SMILES string of the molecule is O=C(C1=CN(CCO)C=C(c2ccc(C(=O)c3ccc(C4=CN(CCO)C=C(C(=O)c5ccccc5)C4C4CC4)cc3)cc2)C1C1CC1)c1ccccc1. The van der Waals surface area contributed by atoms with Gasteiger partial charge in [0.2, 0.25) is 0 Å². The van der Waals surface area contributed by atoms with Crippen molar-refractivity contribution in [3.05, 3.63) is 179 Å². The standard InChI is InChI=1S/C47H44N2O5/c50-25-23-48-27-39(43(33-15-16-33)41(29-48)46(53)35-7-3-1-4-8-35)31-11-19-37(20-12-31)45(52)38-21-13-32(14-22-38)40-28-49(24-26-51)30-42(44(40)34-17-18-34)47(54)36-9-5-2-6-10-36/h1-14,19-22,27-30,33-34,43-44,50-51H,15-18,23-26H2. The van der Waals surface area contributed by atoms with Gasteiger partial charge in [-0.25, -0.2) is 0 Å². The summed E-state index contributed by atoms with van der Waals surface area (Å²) in [6.45, 7) is 0.655. The third kappa shape index (κ3) is 7.30. The molecule has 4 aromatic carbocycles. The molecule has 4 aliphatic rings. The van der Waals surface area contributed by atoms with Gasteiger partial charge in [0.25, 0.3) is 0 Å². The first kappa shape index (κ1) is 35.4. The summed E-state index contributed by atoms with van der Waals surface area (Å²) in [6.07, 6.45) is 12.1. The van der Waals surface area contributed by atoms with Gasteiger partial charge >= 0.3 is 0 Å². The van der Waals surface area contributed by atoms with Crippen molar-refractivity contribution in [3.63, 3.8) is 0 Å². The summed E-state index contributed by atoms with van der Waals surface area (Å²) in [5.41, 5.74) is 7.84. The van der Waals surface area contributed by atoms with Crippen molar-refractivity contribution >= 4 is 28.5 Å². The van der Waals surface area contributed by atoms with E-state index in [0.29, 0.717) is 47.2 Å². The van der Waals surface area contributed by atoms with E-state index in [-0.39, 0.29) is 42.4 Å². The normalized spacial score (nSPS) is 19.7. The quantitative estimate of drug-likeness (QED) is 0.129. The number of hydrogen-bond acceptors (Lipinski definition) is 7. The fourth-order valence-electron chi connectivity index (χ4n) is 8.02. The Labute approximate surface area is 316 Å². The van der Waals surface area contributed by atoms with Crippen molar-refractivity contribution in [3.8, 4) is 0 Å². The number of ketones is 3. The topological polar surface area (TPSA) is 98.2 Å². The first-order valence-electron chi connectivity index (χ1n) is 19.0. The van der Waals surface area contributed by atoms with Crippen LogP contribution < -0.4 is 0 Å². The Morgan fingerprint density at radius 3 is 1.15 bits per heavy atom. The molecular formula is C47H44N2O5. The number of rotatable bonds is 14. The van der Waals surface area contributed by atoms with Crippen LogP contribution in [0, 0.1) is 23.7 Å². The van der Waals surface area contributed by atoms with Gasteiger partial charge in [-0.15, -0.1) is 0 Å². The minimum atomic E-state index is -0.0932. The summed E-state index contributed by atoms with van der Waals surface area (Å²) in [7, 11) is 0. The lowest BCUT2D eigenvalue weighted by molar-refractivity contribution is 0.101. The van der Waals surface area contributed by atoms with E-state index in [2.05, 4.69) is 0 Å². The third-order valence-electron chi connectivity index (χ3n) is 11.0. The van der Waals surface area contributed by atoms with E-state index in [1.165, 1.54) is 0 Å². The maximum Gasteiger partial charge on any atom is 0.193 e. The lowest BCUT2D eigenvalue weighted by Crippen LogP contribution is -2.28. The second-order valence-electron chi connectivity index (χ2n) is 14.8. The van der Waals surface area contributed by atoms with Gasteiger partial charge in [-0.05, 0) is 59.8 Å². The van der Waals surface area contributed by atoms with Crippen LogP contribution in [0.15, 0.2) is 145 Å². The molecule has 2 N–H and O–H groups in total. The second-order valence-corrected chi connectivity index (χ2v) is 14.8. The number of allylic oxidation sites excluding steroid dienone is 4. The van der Waals surface area contributed by atoms with Crippen LogP contribution in [0.1, 0.15) is 73.4 Å². The molecule has 2 unspecified atom stereocenters. The third-order valence-corrected chi connectivity index (χ3v) is 11.0. The molecule has 7 nitrogen and oxygen atoms in total. The summed E-state index contributed by atoms with van der Waals surface area (Å²) < 4.78 is 0. The number of nitrogens with zero attached hydrogens (tertiary/aromatic N) is 2. The minimum absolute atomic E-state index is 0.000119. The minimum Gasteiger partial charge on any atom is -0.395 e. The van der Waals surface area contributed by atoms with E-state index in [1.807, 2.05) is 144 Å². The molecule has 2 aliphatic heterocycles. The smallest absolute Gasteiger partial charge is 0.193 e. The molecular weight excluding hydrogens is 673 g/mol. The zero-order valence-corrected chi connectivity index (χ0v) is 30.2. The molecule has 7 heteroatoms.